The van der Waals surface area contributed by atoms with Crippen LogP contribution in [0.1, 0.15) is 16.2 Å². The van der Waals surface area contributed by atoms with Gasteiger partial charge in [-0.2, -0.15) is 5.10 Å². The molecule has 1 fully saturated rings. The third kappa shape index (κ3) is 3.58. The van der Waals surface area contributed by atoms with Gasteiger partial charge < -0.3 is 14.7 Å². The van der Waals surface area contributed by atoms with Crippen molar-refractivity contribution in [2.24, 2.45) is 0 Å². The van der Waals surface area contributed by atoms with Crippen LogP contribution < -0.4 is 4.90 Å². The van der Waals surface area contributed by atoms with E-state index in [0.29, 0.717) is 30.2 Å². The van der Waals surface area contributed by atoms with Crippen molar-refractivity contribution < 1.29 is 19.0 Å². The first-order chi connectivity index (χ1) is 15.5. The summed E-state index contributed by atoms with van der Waals surface area (Å²) in [5.41, 5.74) is 4.11. The normalized spacial score (nSPS) is 14.1. The number of aromatic nitrogens is 3. The van der Waals surface area contributed by atoms with Gasteiger partial charge in [-0.15, -0.1) is 0 Å². The highest BCUT2D eigenvalue weighted by molar-refractivity contribution is 6.00. The molecule has 4 aromatic rings. The van der Waals surface area contributed by atoms with Crippen LogP contribution >= 0.6 is 0 Å². The first kappa shape index (κ1) is 20.1. The fraction of sp³-hybridized carbons (Fsp3) is 0.208. The van der Waals surface area contributed by atoms with Crippen molar-refractivity contribution in [3.05, 3.63) is 71.8 Å². The van der Waals surface area contributed by atoms with Gasteiger partial charge >= 0.3 is 5.97 Å². The van der Waals surface area contributed by atoms with Crippen LogP contribution in [0.2, 0.25) is 0 Å². The number of anilines is 1. The lowest BCUT2D eigenvalue weighted by atomic mass is 10.0. The van der Waals surface area contributed by atoms with Crippen molar-refractivity contribution in [1.82, 2.24) is 14.8 Å². The first-order valence-corrected chi connectivity index (χ1v) is 10.3. The summed E-state index contributed by atoms with van der Waals surface area (Å²) >= 11 is 0. The van der Waals surface area contributed by atoms with E-state index in [-0.39, 0.29) is 5.69 Å². The van der Waals surface area contributed by atoms with Crippen LogP contribution in [-0.2, 0) is 4.74 Å². The molecular formula is C24H21FN4O3. The predicted molar refractivity (Wildman–Crippen MR) is 119 cm³/mol. The second-order valence-corrected chi connectivity index (χ2v) is 7.68. The number of halogens is 1. The van der Waals surface area contributed by atoms with E-state index >= 15 is 0 Å². The summed E-state index contributed by atoms with van der Waals surface area (Å²) in [6, 6.07) is 15.6. The minimum absolute atomic E-state index is 0.0951. The number of aryl methyl sites for hydroxylation is 1. The number of pyridine rings is 1. The molecule has 0 amide bonds. The van der Waals surface area contributed by atoms with Crippen molar-refractivity contribution in [3.63, 3.8) is 0 Å². The number of carbonyl (C=O) groups is 1. The van der Waals surface area contributed by atoms with Crippen LogP contribution in [0.3, 0.4) is 0 Å². The standard InChI is InChI=1S/C24H21FN4O3/c1-15-22-20(16-5-7-18(8-6-16)28-9-11-32-12-10-28)14-21(24(30)31)26-23(22)29(27-15)19-4-2-3-17(25)13-19/h2-8,13-14H,9-12H2,1H3,(H,30,31). The average molecular weight is 432 g/mol. The number of ether oxygens (including phenoxy) is 1. The Morgan fingerprint density at radius 1 is 1.06 bits per heavy atom. The van der Waals surface area contributed by atoms with E-state index in [0.717, 1.165) is 35.3 Å². The zero-order chi connectivity index (χ0) is 22.2. The Hall–Kier alpha value is -3.78. The van der Waals surface area contributed by atoms with E-state index < -0.39 is 11.8 Å². The van der Waals surface area contributed by atoms with E-state index in [9.17, 15) is 14.3 Å². The number of carboxylic acid groups (broad SMARTS) is 1. The van der Waals surface area contributed by atoms with Crippen LogP contribution in [0.15, 0.2) is 54.6 Å². The topological polar surface area (TPSA) is 80.5 Å². The van der Waals surface area contributed by atoms with E-state index in [1.54, 1.807) is 18.2 Å². The van der Waals surface area contributed by atoms with Crippen molar-refractivity contribution in [1.29, 1.82) is 0 Å². The predicted octanol–water partition coefficient (Wildman–Crippen LogP) is 4.07. The molecule has 2 aromatic heterocycles. The van der Waals surface area contributed by atoms with Gasteiger partial charge in [0.2, 0.25) is 0 Å². The molecule has 162 valence electrons. The molecule has 0 unspecified atom stereocenters. The van der Waals surface area contributed by atoms with E-state index in [1.165, 1.54) is 16.8 Å². The summed E-state index contributed by atoms with van der Waals surface area (Å²) in [4.78, 5) is 18.4. The molecule has 0 bridgehead atoms. The highest BCUT2D eigenvalue weighted by Gasteiger charge is 2.20. The number of rotatable bonds is 4. The van der Waals surface area contributed by atoms with Gasteiger partial charge in [-0.25, -0.2) is 18.9 Å². The van der Waals surface area contributed by atoms with Gasteiger partial charge in [-0.3, -0.25) is 0 Å². The molecule has 1 aliphatic rings. The number of benzene rings is 2. The Bertz CT molecular complexity index is 1310. The number of hydrogen-bond acceptors (Lipinski definition) is 5. The number of aromatic carboxylic acids is 1. The second-order valence-electron chi connectivity index (χ2n) is 7.68. The lowest BCUT2D eigenvalue weighted by Gasteiger charge is -2.29. The molecule has 1 saturated heterocycles. The summed E-state index contributed by atoms with van der Waals surface area (Å²) in [5.74, 6) is -1.54. The quantitative estimate of drug-likeness (QED) is 0.524. The molecular weight excluding hydrogens is 411 g/mol. The largest absolute Gasteiger partial charge is 0.477 e. The minimum atomic E-state index is -1.14. The third-order valence-electron chi connectivity index (χ3n) is 5.64. The fourth-order valence-corrected chi connectivity index (χ4v) is 4.09. The Balaban J connectivity index is 1.66. The van der Waals surface area contributed by atoms with Gasteiger partial charge in [0.05, 0.1) is 30.0 Å². The third-order valence-corrected chi connectivity index (χ3v) is 5.64. The number of nitrogens with zero attached hydrogens (tertiary/aromatic N) is 4. The Morgan fingerprint density at radius 3 is 2.50 bits per heavy atom. The van der Waals surface area contributed by atoms with E-state index in [2.05, 4.69) is 15.0 Å². The van der Waals surface area contributed by atoms with Gasteiger partial charge in [0.15, 0.2) is 11.3 Å². The van der Waals surface area contributed by atoms with Crippen LogP contribution in [0, 0.1) is 12.7 Å². The van der Waals surface area contributed by atoms with Gasteiger partial charge in [-0.1, -0.05) is 18.2 Å². The van der Waals surface area contributed by atoms with Crippen LogP contribution in [0.25, 0.3) is 27.8 Å². The van der Waals surface area contributed by atoms with Gasteiger partial charge in [0.25, 0.3) is 0 Å². The zero-order valence-electron chi connectivity index (χ0n) is 17.5. The van der Waals surface area contributed by atoms with E-state index in [4.69, 9.17) is 4.74 Å². The van der Waals surface area contributed by atoms with Crippen molar-refractivity contribution in [3.8, 4) is 16.8 Å². The van der Waals surface area contributed by atoms with Crippen LogP contribution in [0.5, 0.6) is 0 Å². The maximum Gasteiger partial charge on any atom is 0.354 e. The number of morpholine rings is 1. The fourth-order valence-electron chi connectivity index (χ4n) is 4.09. The average Bonchev–Trinajstić information content (AvgIpc) is 3.16. The van der Waals surface area contributed by atoms with Crippen LogP contribution in [0.4, 0.5) is 10.1 Å². The number of fused-ring (bicyclic) bond motifs is 1. The maximum absolute atomic E-state index is 13.8. The first-order valence-electron chi connectivity index (χ1n) is 10.3. The van der Waals surface area contributed by atoms with Crippen molar-refractivity contribution in [2.75, 3.05) is 31.2 Å². The lowest BCUT2D eigenvalue weighted by Crippen LogP contribution is -2.36. The molecule has 0 radical (unpaired) electrons. The summed E-state index contributed by atoms with van der Waals surface area (Å²) in [5, 5.41) is 15.0. The van der Waals surface area contributed by atoms with Crippen LogP contribution in [-0.4, -0.2) is 52.1 Å². The lowest BCUT2D eigenvalue weighted by molar-refractivity contribution is 0.0691. The maximum atomic E-state index is 13.8. The number of carboxylic acids is 1. The smallest absolute Gasteiger partial charge is 0.354 e. The van der Waals surface area contributed by atoms with Gasteiger partial charge in [-0.05, 0) is 54.4 Å². The molecule has 0 spiro atoms. The van der Waals surface area contributed by atoms with Gasteiger partial charge in [0, 0.05) is 18.8 Å². The Morgan fingerprint density at radius 2 is 1.81 bits per heavy atom. The SMILES string of the molecule is Cc1nn(-c2cccc(F)c2)c2nc(C(=O)O)cc(-c3ccc(N4CCOCC4)cc3)c12. The summed E-state index contributed by atoms with van der Waals surface area (Å²) < 4.78 is 20.7. The molecule has 1 N–H and O–H groups in total. The molecule has 1 aliphatic heterocycles. The zero-order valence-corrected chi connectivity index (χ0v) is 17.5. The summed E-state index contributed by atoms with van der Waals surface area (Å²) in [6.07, 6.45) is 0. The highest BCUT2D eigenvalue weighted by atomic mass is 19.1. The summed E-state index contributed by atoms with van der Waals surface area (Å²) in [6.45, 7) is 4.91. The molecule has 0 aliphatic carbocycles. The van der Waals surface area contributed by atoms with Crippen molar-refractivity contribution in [2.45, 2.75) is 6.92 Å². The highest BCUT2D eigenvalue weighted by Crippen LogP contribution is 2.33. The Kier molecular flexibility index (Phi) is 5.07. The molecule has 8 heteroatoms. The molecule has 3 heterocycles. The summed E-state index contributed by atoms with van der Waals surface area (Å²) in [7, 11) is 0. The number of hydrogen-bond donors (Lipinski definition) is 1. The molecule has 5 rings (SSSR count). The molecule has 2 aromatic carbocycles. The monoisotopic (exact) mass is 432 g/mol. The van der Waals surface area contributed by atoms with Crippen molar-refractivity contribution >= 4 is 22.7 Å². The minimum Gasteiger partial charge on any atom is -0.477 e. The molecule has 32 heavy (non-hydrogen) atoms. The Labute approximate surface area is 183 Å². The molecule has 7 nitrogen and oxygen atoms in total. The van der Waals surface area contributed by atoms with Gasteiger partial charge in [0.1, 0.15) is 5.82 Å². The second kappa shape index (κ2) is 8.05. The van der Waals surface area contributed by atoms with E-state index in [1.807, 2.05) is 31.2 Å². The molecule has 0 saturated carbocycles. The molecule has 0 atom stereocenters.